The van der Waals surface area contributed by atoms with Crippen molar-refractivity contribution in [1.82, 2.24) is 20.2 Å². The van der Waals surface area contributed by atoms with Crippen LogP contribution in [0.1, 0.15) is 33.9 Å². The minimum absolute atomic E-state index is 0. The van der Waals surface area contributed by atoms with Crippen LogP contribution in [-0.2, 0) is 16.3 Å². The number of ether oxygens (including phenoxy) is 2. The van der Waals surface area contributed by atoms with Gasteiger partial charge in [-0.15, -0.1) is 0 Å². The quantitative estimate of drug-likeness (QED) is 0.322. The summed E-state index contributed by atoms with van der Waals surface area (Å²) in [6.45, 7) is 3.50. The molecule has 3 heterocycles. The van der Waals surface area contributed by atoms with Crippen molar-refractivity contribution in [3.63, 3.8) is 0 Å². The average molecular weight is 510 g/mol. The maximum absolute atomic E-state index is 15.2. The molecule has 3 aromatic heterocycles. The molecule has 0 aliphatic heterocycles. The number of anilines is 1. The molecule has 0 bridgehead atoms. The van der Waals surface area contributed by atoms with Crippen molar-refractivity contribution in [3.8, 4) is 11.6 Å². The average Bonchev–Trinajstić information content (AvgIpc) is 3.24. The lowest BCUT2D eigenvalue weighted by molar-refractivity contribution is 0.292. The van der Waals surface area contributed by atoms with Crippen LogP contribution in [0, 0.1) is 17.5 Å². The van der Waals surface area contributed by atoms with E-state index in [0.717, 1.165) is 35.5 Å². The minimum Gasteiger partial charge on any atom is -0.487 e. The van der Waals surface area contributed by atoms with Crippen LogP contribution in [0.5, 0.6) is 11.6 Å². The summed E-state index contributed by atoms with van der Waals surface area (Å²) < 4.78 is 69.6. The summed E-state index contributed by atoms with van der Waals surface area (Å²) in [5.41, 5.74) is 0.624. The lowest BCUT2D eigenvalue weighted by atomic mass is 10.1. The molecule has 0 saturated carbocycles. The zero-order valence-corrected chi connectivity index (χ0v) is 19.9. The van der Waals surface area contributed by atoms with Crippen molar-refractivity contribution in [3.05, 3.63) is 65.4 Å². The van der Waals surface area contributed by atoms with E-state index in [4.69, 9.17) is 9.47 Å². The Hall–Kier alpha value is -3.80. The van der Waals surface area contributed by atoms with Crippen LogP contribution >= 0.6 is 0 Å². The first-order valence-electron chi connectivity index (χ1n) is 10.4. The van der Waals surface area contributed by atoms with E-state index in [1.807, 2.05) is 13.8 Å². The molecule has 0 saturated heterocycles. The third-order valence-corrected chi connectivity index (χ3v) is 6.72. The largest absolute Gasteiger partial charge is 0.487 e. The summed E-state index contributed by atoms with van der Waals surface area (Å²) in [5.74, 6) is 1.15. The number of aromatic amines is 1. The number of methoxy groups -OCH3 is 1. The van der Waals surface area contributed by atoms with Gasteiger partial charge in [0.05, 0.1) is 40.5 Å². The van der Waals surface area contributed by atoms with E-state index in [0.29, 0.717) is 5.65 Å². The van der Waals surface area contributed by atoms with Gasteiger partial charge in [0.25, 0.3) is 0 Å². The van der Waals surface area contributed by atoms with Crippen LogP contribution in [0.15, 0.2) is 41.6 Å². The van der Waals surface area contributed by atoms with E-state index in [1.165, 1.54) is 13.3 Å². The number of halogens is 3. The van der Waals surface area contributed by atoms with Crippen molar-refractivity contribution >= 4 is 32.3 Å². The Kier molecular flexibility index (Phi) is 6.57. The van der Waals surface area contributed by atoms with Crippen LogP contribution in [0.25, 0.3) is 11.0 Å². The molecule has 0 aliphatic rings. The van der Waals surface area contributed by atoms with Gasteiger partial charge in [-0.25, -0.2) is 27.3 Å². The predicted octanol–water partition coefficient (Wildman–Crippen LogP) is 5.08. The molecule has 0 fully saturated rings. The van der Waals surface area contributed by atoms with E-state index in [-0.39, 0.29) is 31.0 Å². The molecule has 12 heteroatoms. The SMILES string of the molecule is C=S(=O)(Nc1ccc(F)c(COc2cnc3n[nH]c(C(C)C)c3c2)c1F)c1cc(F)cnc1OC.[HH].[HH]. The molecule has 4 rings (SSSR count). The fourth-order valence-electron chi connectivity index (χ4n) is 3.41. The second-order valence-electron chi connectivity index (χ2n) is 7.95. The molecule has 2 N–H and O–H groups in total. The lowest BCUT2D eigenvalue weighted by Crippen LogP contribution is -2.17. The standard InChI is InChI=1S/C23H22F3N5O3S.2H2/c1-12(2)21-15-8-14(10-27-22(15)30-29-21)34-11-16-17(25)5-6-18(20(16)26)31-35(4,32)19-7-13(24)9-28-23(19)33-3;;/h5-10,12H,4,11H2,1-3H3,(H,31,32)(H,27,29,30);2*1H. The number of fused-ring (bicyclic) bond motifs is 1. The van der Waals surface area contributed by atoms with Gasteiger partial charge in [0.15, 0.2) is 11.5 Å². The van der Waals surface area contributed by atoms with Gasteiger partial charge in [-0.2, -0.15) is 5.10 Å². The Labute approximate surface area is 202 Å². The maximum Gasteiger partial charge on any atom is 0.231 e. The number of aromatic nitrogens is 4. The number of hydrogen-bond donors (Lipinski definition) is 2. The third kappa shape index (κ3) is 4.87. The first kappa shape index (κ1) is 24.3. The molecule has 0 amide bonds. The van der Waals surface area contributed by atoms with Crippen molar-refractivity contribution < 1.29 is 29.7 Å². The van der Waals surface area contributed by atoms with Gasteiger partial charge in [0, 0.05) is 13.9 Å². The molecule has 1 aromatic carbocycles. The van der Waals surface area contributed by atoms with Crippen LogP contribution in [0.2, 0.25) is 0 Å². The zero-order chi connectivity index (χ0) is 25.3. The first-order chi connectivity index (χ1) is 16.6. The van der Waals surface area contributed by atoms with E-state index < -0.39 is 39.3 Å². The monoisotopic (exact) mass is 509 g/mol. The Morgan fingerprint density at radius 3 is 2.69 bits per heavy atom. The Morgan fingerprint density at radius 2 is 1.97 bits per heavy atom. The van der Waals surface area contributed by atoms with E-state index in [9.17, 15) is 13.0 Å². The van der Waals surface area contributed by atoms with Crippen LogP contribution in [-0.4, -0.2) is 37.4 Å². The van der Waals surface area contributed by atoms with Gasteiger partial charge in [-0.3, -0.25) is 5.10 Å². The fourth-order valence-corrected chi connectivity index (χ4v) is 4.76. The van der Waals surface area contributed by atoms with Gasteiger partial charge in [0.1, 0.15) is 28.9 Å². The lowest BCUT2D eigenvalue weighted by Gasteiger charge is -2.17. The second-order valence-corrected chi connectivity index (χ2v) is 9.94. The molecule has 1 unspecified atom stereocenters. The first-order valence-corrected chi connectivity index (χ1v) is 12.1. The summed E-state index contributed by atoms with van der Waals surface area (Å²) in [7, 11) is -2.27. The van der Waals surface area contributed by atoms with Crippen LogP contribution in [0.3, 0.4) is 0 Å². The molecular formula is C23H26F3N5O3S. The Morgan fingerprint density at radius 1 is 1.20 bits per heavy atom. The highest BCUT2D eigenvalue weighted by atomic mass is 32.2. The molecule has 35 heavy (non-hydrogen) atoms. The molecule has 0 spiro atoms. The molecule has 0 aliphatic carbocycles. The second kappa shape index (κ2) is 9.45. The number of rotatable bonds is 8. The maximum atomic E-state index is 15.2. The van der Waals surface area contributed by atoms with Gasteiger partial charge >= 0.3 is 0 Å². The van der Waals surface area contributed by atoms with Gasteiger partial charge in [-0.1, -0.05) is 13.8 Å². The molecule has 0 radical (unpaired) electrons. The number of nitrogens with zero attached hydrogens (tertiary/aromatic N) is 3. The number of hydrogen-bond acceptors (Lipinski definition) is 6. The van der Waals surface area contributed by atoms with Gasteiger partial charge < -0.3 is 14.2 Å². The number of H-pyrrole nitrogens is 1. The topological polar surface area (TPSA) is 102 Å². The van der Waals surface area contributed by atoms with Crippen molar-refractivity contribution in [2.75, 3.05) is 11.8 Å². The Balaban J connectivity index is 0.00000241. The minimum atomic E-state index is -3.53. The molecular weight excluding hydrogens is 483 g/mol. The summed E-state index contributed by atoms with van der Waals surface area (Å²) in [6, 6.07) is 4.66. The van der Waals surface area contributed by atoms with Crippen molar-refractivity contribution in [2.24, 2.45) is 0 Å². The molecule has 8 nitrogen and oxygen atoms in total. The third-order valence-electron chi connectivity index (χ3n) is 5.17. The molecule has 1 atom stereocenters. The van der Waals surface area contributed by atoms with Crippen molar-refractivity contribution in [1.29, 1.82) is 0 Å². The smallest absolute Gasteiger partial charge is 0.231 e. The summed E-state index contributed by atoms with van der Waals surface area (Å²) in [6.07, 6.45) is 2.28. The van der Waals surface area contributed by atoms with Gasteiger partial charge in [0.2, 0.25) is 5.88 Å². The van der Waals surface area contributed by atoms with Gasteiger partial charge in [-0.05, 0) is 36.1 Å². The Bertz CT molecular complexity index is 1520. The summed E-state index contributed by atoms with van der Waals surface area (Å²) in [5, 5.41) is 7.79. The van der Waals surface area contributed by atoms with E-state index in [2.05, 4.69) is 30.8 Å². The summed E-state index contributed by atoms with van der Waals surface area (Å²) in [4.78, 5) is 7.71. The number of pyridine rings is 2. The molecule has 188 valence electrons. The predicted molar refractivity (Wildman–Crippen MR) is 131 cm³/mol. The number of nitrogens with one attached hydrogen (secondary N) is 2. The highest BCUT2D eigenvalue weighted by molar-refractivity contribution is 8.01. The normalized spacial score (nSPS) is 13.1. The van der Waals surface area contributed by atoms with Crippen LogP contribution < -0.4 is 14.2 Å². The van der Waals surface area contributed by atoms with Crippen molar-refractivity contribution in [2.45, 2.75) is 31.3 Å². The summed E-state index contributed by atoms with van der Waals surface area (Å²) >= 11 is 0. The fraction of sp³-hybridized carbons (Fsp3) is 0.217. The zero-order valence-electron chi connectivity index (χ0n) is 19.1. The highest BCUT2D eigenvalue weighted by Gasteiger charge is 2.21. The highest BCUT2D eigenvalue weighted by Crippen LogP contribution is 2.29. The molecule has 4 aromatic rings. The number of benzene rings is 1. The van der Waals surface area contributed by atoms with Crippen LogP contribution in [0.4, 0.5) is 18.9 Å². The van der Waals surface area contributed by atoms with E-state index >= 15 is 4.39 Å². The van der Waals surface area contributed by atoms with E-state index in [1.54, 1.807) is 6.07 Å².